The summed E-state index contributed by atoms with van der Waals surface area (Å²) in [5, 5.41) is 0. The van der Waals surface area contributed by atoms with Crippen molar-refractivity contribution in [2.24, 2.45) is 5.92 Å². The summed E-state index contributed by atoms with van der Waals surface area (Å²) in [5.41, 5.74) is 2.35. The first-order valence-electron chi connectivity index (χ1n) is 8.40. The lowest BCUT2D eigenvalue weighted by Crippen LogP contribution is -2.19. The van der Waals surface area contributed by atoms with Crippen LogP contribution in [0.25, 0.3) is 0 Å². The van der Waals surface area contributed by atoms with Crippen LogP contribution in [0.2, 0.25) is 0 Å². The monoisotopic (exact) mass is 311 g/mol. The van der Waals surface area contributed by atoms with Gasteiger partial charge in [-0.2, -0.15) is 0 Å². The van der Waals surface area contributed by atoms with Crippen molar-refractivity contribution in [1.29, 1.82) is 0 Å². The second-order valence-corrected chi connectivity index (χ2v) is 5.69. The van der Waals surface area contributed by atoms with E-state index in [1.807, 2.05) is 31.2 Å². The molecule has 1 unspecified atom stereocenters. The minimum absolute atomic E-state index is 0.0410. The standard InChI is InChI=1S/C20H25NO2/c1-2-23-20(22)18(14-15-19-13-6-7-16-21-19)12-8-11-17-9-4-3-5-10-17/h3-7,9-10,13,16,18H,2,8,11-12,14-15H2,1H3. The average molecular weight is 311 g/mol. The van der Waals surface area contributed by atoms with Gasteiger partial charge in [-0.05, 0) is 56.7 Å². The highest BCUT2D eigenvalue weighted by molar-refractivity contribution is 5.72. The highest BCUT2D eigenvalue weighted by Crippen LogP contribution is 2.18. The van der Waals surface area contributed by atoms with Crippen LogP contribution in [0.1, 0.15) is 37.4 Å². The molecule has 3 nitrogen and oxygen atoms in total. The van der Waals surface area contributed by atoms with Crippen molar-refractivity contribution < 1.29 is 9.53 Å². The maximum absolute atomic E-state index is 12.2. The van der Waals surface area contributed by atoms with Crippen LogP contribution >= 0.6 is 0 Å². The lowest BCUT2D eigenvalue weighted by molar-refractivity contribution is -0.148. The van der Waals surface area contributed by atoms with E-state index in [2.05, 4.69) is 29.2 Å². The van der Waals surface area contributed by atoms with Crippen molar-refractivity contribution >= 4 is 5.97 Å². The molecule has 0 aliphatic rings. The maximum Gasteiger partial charge on any atom is 0.308 e. The topological polar surface area (TPSA) is 39.2 Å². The van der Waals surface area contributed by atoms with Crippen molar-refractivity contribution in [3.8, 4) is 0 Å². The fraction of sp³-hybridized carbons (Fsp3) is 0.400. The number of carbonyl (C=O) groups excluding carboxylic acids is 1. The first kappa shape index (κ1) is 17.2. The molecule has 0 amide bonds. The molecule has 23 heavy (non-hydrogen) atoms. The second-order valence-electron chi connectivity index (χ2n) is 5.69. The van der Waals surface area contributed by atoms with E-state index in [9.17, 15) is 4.79 Å². The highest BCUT2D eigenvalue weighted by atomic mass is 16.5. The van der Waals surface area contributed by atoms with Gasteiger partial charge in [-0.1, -0.05) is 36.4 Å². The normalized spacial score (nSPS) is 11.9. The Bertz CT molecular complexity index is 569. The molecular weight excluding hydrogens is 286 g/mol. The summed E-state index contributed by atoms with van der Waals surface area (Å²) >= 11 is 0. The molecular formula is C20H25NO2. The summed E-state index contributed by atoms with van der Waals surface area (Å²) in [6.07, 6.45) is 6.26. The van der Waals surface area contributed by atoms with Crippen LogP contribution in [0, 0.1) is 5.92 Å². The summed E-state index contributed by atoms with van der Waals surface area (Å²) in [5.74, 6) is -0.114. The Morgan fingerprint density at radius 3 is 2.52 bits per heavy atom. The Labute approximate surface area is 138 Å². The number of rotatable bonds is 9. The number of ether oxygens (including phenoxy) is 1. The van der Waals surface area contributed by atoms with Gasteiger partial charge in [0.1, 0.15) is 0 Å². The smallest absolute Gasteiger partial charge is 0.308 e. The van der Waals surface area contributed by atoms with Crippen molar-refractivity contribution in [2.75, 3.05) is 6.61 Å². The summed E-state index contributed by atoms with van der Waals surface area (Å²) < 4.78 is 5.24. The van der Waals surface area contributed by atoms with E-state index < -0.39 is 0 Å². The van der Waals surface area contributed by atoms with Crippen LogP contribution in [0.4, 0.5) is 0 Å². The molecule has 1 aromatic heterocycles. The second kappa shape index (κ2) is 9.78. The molecule has 0 radical (unpaired) electrons. The minimum atomic E-state index is -0.0727. The molecule has 0 saturated carbocycles. The summed E-state index contributed by atoms with van der Waals surface area (Å²) in [7, 11) is 0. The van der Waals surface area contributed by atoms with Crippen LogP contribution in [0.15, 0.2) is 54.7 Å². The molecule has 1 atom stereocenters. The number of hydrogen-bond acceptors (Lipinski definition) is 3. The molecule has 2 rings (SSSR count). The van der Waals surface area contributed by atoms with Gasteiger partial charge >= 0.3 is 5.97 Å². The van der Waals surface area contributed by atoms with E-state index in [0.717, 1.165) is 37.8 Å². The molecule has 0 fully saturated rings. The Balaban J connectivity index is 1.85. The van der Waals surface area contributed by atoms with Gasteiger partial charge in [-0.3, -0.25) is 9.78 Å². The number of nitrogens with zero attached hydrogens (tertiary/aromatic N) is 1. The van der Waals surface area contributed by atoms with E-state index in [-0.39, 0.29) is 11.9 Å². The van der Waals surface area contributed by atoms with Gasteiger partial charge in [0.2, 0.25) is 0 Å². The first-order chi connectivity index (χ1) is 11.3. The molecule has 0 aliphatic carbocycles. The van der Waals surface area contributed by atoms with Gasteiger partial charge in [0, 0.05) is 11.9 Å². The van der Waals surface area contributed by atoms with E-state index in [1.165, 1.54) is 5.56 Å². The number of aromatic nitrogens is 1. The van der Waals surface area contributed by atoms with E-state index in [1.54, 1.807) is 6.20 Å². The third kappa shape index (κ3) is 6.23. The van der Waals surface area contributed by atoms with Gasteiger partial charge in [-0.25, -0.2) is 0 Å². The number of benzene rings is 1. The minimum Gasteiger partial charge on any atom is -0.466 e. The van der Waals surface area contributed by atoms with Gasteiger partial charge in [0.05, 0.1) is 12.5 Å². The maximum atomic E-state index is 12.2. The quantitative estimate of drug-likeness (QED) is 0.651. The van der Waals surface area contributed by atoms with E-state index in [4.69, 9.17) is 4.74 Å². The van der Waals surface area contributed by atoms with Crippen LogP contribution in [-0.4, -0.2) is 17.6 Å². The molecule has 1 heterocycles. The van der Waals surface area contributed by atoms with Crippen molar-refractivity contribution in [1.82, 2.24) is 4.98 Å². The Kier molecular flexibility index (Phi) is 7.31. The van der Waals surface area contributed by atoms with E-state index in [0.29, 0.717) is 6.61 Å². The predicted octanol–water partition coefficient (Wildman–Crippen LogP) is 4.22. The number of aryl methyl sites for hydroxylation is 2. The Hall–Kier alpha value is -2.16. The molecule has 0 N–H and O–H groups in total. The average Bonchev–Trinajstić information content (AvgIpc) is 2.60. The van der Waals surface area contributed by atoms with Crippen LogP contribution < -0.4 is 0 Å². The number of carbonyl (C=O) groups is 1. The molecule has 0 aliphatic heterocycles. The highest BCUT2D eigenvalue weighted by Gasteiger charge is 2.19. The summed E-state index contributed by atoms with van der Waals surface area (Å²) in [6.45, 7) is 2.30. The van der Waals surface area contributed by atoms with Gasteiger partial charge in [0.25, 0.3) is 0 Å². The summed E-state index contributed by atoms with van der Waals surface area (Å²) in [4.78, 5) is 16.5. The third-order valence-electron chi connectivity index (χ3n) is 3.96. The first-order valence-corrected chi connectivity index (χ1v) is 8.40. The SMILES string of the molecule is CCOC(=O)C(CCCc1ccccc1)CCc1ccccn1. The fourth-order valence-corrected chi connectivity index (χ4v) is 2.71. The molecule has 122 valence electrons. The van der Waals surface area contributed by atoms with Gasteiger partial charge in [0.15, 0.2) is 0 Å². The third-order valence-corrected chi connectivity index (χ3v) is 3.96. The Morgan fingerprint density at radius 1 is 1.04 bits per heavy atom. The number of esters is 1. The summed E-state index contributed by atoms with van der Waals surface area (Å²) in [6, 6.07) is 16.3. The van der Waals surface area contributed by atoms with Gasteiger partial charge < -0.3 is 4.74 Å². The Morgan fingerprint density at radius 2 is 1.83 bits per heavy atom. The molecule has 0 spiro atoms. The van der Waals surface area contributed by atoms with Crippen LogP contribution in [0.5, 0.6) is 0 Å². The lowest BCUT2D eigenvalue weighted by Gasteiger charge is -2.15. The van der Waals surface area contributed by atoms with E-state index >= 15 is 0 Å². The zero-order valence-corrected chi connectivity index (χ0v) is 13.8. The van der Waals surface area contributed by atoms with Crippen molar-refractivity contribution in [3.05, 3.63) is 66.0 Å². The predicted molar refractivity (Wildman–Crippen MR) is 92.1 cm³/mol. The lowest BCUT2D eigenvalue weighted by atomic mass is 9.94. The fourth-order valence-electron chi connectivity index (χ4n) is 2.71. The zero-order chi connectivity index (χ0) is 16.3. The molecule has 0 bridgehead atoms. The van der Waals surface area contributed by atoms with Crippen molar-refractivity contribution in [3.63, 3.8) is 0 Å². The largest absolute Gasteiger partial charge is 0.466 e. The van der Waals surface area contributed by atoms with Crippen molar-refractivity contribution in [2.45, 2.75) is 39.0 Å². The van der Waals surface area contributed by atoms with Crippen LogP contribution in [0.3, 0.4) is 0 Å². The number of hydrogen-bond donors (Lipinski definition) is 0. The molecule has 2 aromatic rings. The molecule has 1 aromatic carbocycles. The number of pyridine rings is 1. The molecule has 3 heteroatoms. The van der Waals surface area contributed by atoms with Gasteiger partial charge in [-0.15, -0.1) is 0 Å². The molecule has 0 saturated heterocycles. The zero-order valence-electron chi connectivity index (χ0n) is 13.8. The van der Waals surface area contributed by atoms with Crippen LogP contribution in [-0.2, 0) is 22.4 Å².